The molecule has 2 atom stereocenters. The summed E-state index contributed by atoms with van der Waals surface area (Å²) in [4.78, 5) is 25.2. The molecule has 0 amide bonds. The average molecular weight is 353 g/mol. The molecule has 3 rings (SSSR count). The quantitative estimate of drug-likeness (QED) is 0.833. The third kappa shape index (κ3) is 2.17. The lowest BCUT2D eigenvalue weighted by Gasteiger charge is -2.31. The van der Waals surface area contributed by atoms with Gasteiger partial charge in [-0.15, -0.1) is 0 Å². The van der Waals surface area contributed by atoms with Crippen LogP contribution in [0.1, 0.15) is 23.7 Å². The Morgan fingerprint density at radius 3 is 2.42 bits per heavy atom. The minimum absolute atomic E-state index is 0.108. The second kappa shape index (κ2) is 5.70. The predicted molar refractivity (Wildman–Crippen MR) is 86.1 cm³/mol. The van der Waals surface area contributed by atoms with Gasteiger partial charge in [0.15, 0.2) is 22.9 Å². The molecule has 0 saturated carbocycles. The molecule has 1 aliphatic heterocycles. The summed E-state index contributed by atoms with van der Waals surface area (Å²) in [6.07, 6.45) is 1.63. The minimum atomic E-state index is -1.33. The third-order valence-electron chi connectivity index (χ3n) is 4.37. The molecule has 1 heterocycles. The van der Waals surface area contributed by atoms with Gasteiger partial charge in [-0.1, -0.05) is 18.5 Å². The van der Waals surface area contributed by atoms with Crippen molar-refractivity contribution in [2.45, 2.75) is 18.9 Å². The summed E-state index contributed by atoms with van der Waals surface area (Å²) in [5, 5.41) is 0.190. The molecular weight excluding hydrogens is 336 g/mol. The van der Waals surface area contributed by atoms with Crippen molar-refractivity contribution in [2.75, 3.05) is 21.3 Å². The molecule has 0 bridgehead atoms. The summed E-state index contributed by atoms with van der Waals surface area (Å²) in [6, 6.07) is 1.54. The Hall–Kier alpha value is -2.21. The number of benzene rings is 1. The maximum atomic E-state index is 13.1. The van der Waals surface area contributed by atoms with Gasteiger partial charge in [0.25, 0.3) is 0 Å². The van der Waals surface area contributed by atoms with Crippen LogP contribution < -0.4 is 14.2 Å². The number of methoxy groups -OCH3 is 3. The van der Waals surface area contributed by atoms with E-state index >= 15 is 0 Å². The number of ether oxygens (including phenoxy) is 4. The summed E-state index contributed by atoms with van der Waals surface area (Å²) in [6.45, 7) is 1.73. The van der Waals surface area contributed by atoms with Gasteiger partial charge in [-0.3, -0.25) is 9.59 Å². The van der Waals surface area contributed by atoms with Crippen LogP contribution in [0.2, 0.25) is 5.02 Å². The highest BCUT2D eigenvalue weighted by Gasteiger charge is 2.54. The second-order valence-corrected chi connectivity index (χ2v) is 6.18. The fourth-order valence-corrected chi connectivity index (χ4v) is 3.43. The minimum Gasteiger partial charge on any atom is -0.496 e. The van der Waals surface area contributed by atoms with E-state index in [1.165, 1.54) is 27.4 Å². The van der Waals surface area contributed by atoms with E-state index in [-0.39, 0.29) is 40.1 Å². The molecule has 2 aliphatic rings. The van der Waals surface area contributed by atoms with Crippen molar-refractivity contribution < 1.29 is 28.5 Å². The molecule has 128 valence electrons. The van der Waals surface area contributed by atoms with E-state index in [1.54, 1.807) is 13.0 Å². The summed E-state index contributed by atoms with van der Waals surface area (Å²) in [5.74, 6) is 0.0647. The first kappa shape index (κ1) is 16.6. The van der Waals surface area contributed by atoms with Crippen LogP contribution in [0.15, 0.2) is 17.9 Å². The molecular formula is C17H17ClO6. The summed E-state index contributed by atoms with van der Waals surface area (Å²) < 4.78 is 21.6. The van der Waals surface area contributed by atoms with Gasteiger partial charge >= 0.3 is 0 Å². The number of rotatable bonds is 3. The fourth-order valence-electron chi connectivity index (χ4n) is 3.17. The Morgan fingerprint density at radius 2 is 1.83 bits per heavy atom. The molecule has 1 aromatic carbocycles. The molecule has 1 aromatic rings. The van der Waals surface area contributed by atoms with Gasteiger partial charge in [-0.2, -0.15) is 0 Å². The maximum absolute atomic E-state index is 13.1. The number of Topliss-reactive ketones (excluding diaryl/α,β-unsaturated/α-hetero) is 2. The van der Waals surface area contributed by atoms with Gasteiger partial charge in [0.2, 0.25) is 5.78 Å². The van der Waals surface area contributed by atoms with Gasteiger partial charge < -0.3 is 18.9 Å². The number of allylic oxidation sites excluding steroid dienone is 1. The topological polar surface area (TPSA) is 71.1 Å². The summed E-state index contributed by atoms with van der Waals surface area (Å²) >= 11 is 6.31. The van der Waals surface area contributed by atoms with Crippen LogP contribution in [0, 0.1) is 5.92 Å². The van der Waals surface area contributed by atoms with E-state index in [1.807, 2.05) is 0 Å². The average Bonchev–Trinajstić information content (AvgIpc) is 2.85. The molecule has 6 nitrogen and oxygen atoms in total. The van der Waals surface area contributed by atoms with Crippen LogP contribution in [0.4, 0.5) is 0 Å². The van der Waals surface area contributed by atoms with Crippen LogP contribution >= 0.6 is 11.6 Å². The van der Waals surface area contributed by atoms with Crippen molar-refractivity contribution in [1.29, 1.82) is 0 Å². The Bertz CT molecular complexity index is 769. The molecule has 0 aromatic heterocycles. The zero-order chi connectivity index (χ0) is 17.6. The highest BCUT2D eigenvalue weighted by atomic mass is 35.5. The lowest BCUT2D eigenvalue weighted by Crippen LogP contribution is -2.45. The molecule has 0 saturated heterocycles. The fraction of sp³-hybridized carbons (Fsp3) is 0.412. The Balaban J connectivity index is 2.20. The monoisotopic (exact) mass is 352 g/mol. The second-order valence-electron chi connectivity index (χ2n) is 5.80. The zero-order valence-electron chi connectivity index (χ0n) is 13.8. The number of halogens is 1. The first-order valence-electron chi connectivity index (χ1n) is 7.38. The Kier molecular flexibility index (Phi) is 3.95. The standard InChI is InChI=1S/C17H17ClO6/c1-8-6-17(7-11(23-4)14(8)19)16(20)12-9(21-2)5-10(22-3)13(18)15(12)24-17/h5,7-8H,6H2,1-4H3/t8-,17+/m0/s1. The lowest BCUT2D eigenvalue weighted by atomic mass is 9.79. The van der Waals surface area contributed by atoms with Crippen LogP contribution in [0.3, 0.4) is 0 Å². The van der Waals surface area contributed by atoms with E-state index in [0.717, 1.165) is 0 Å². The van der Waals surface area contributed by atoms with Gasteiger partial charge in [-0.25, -0.2) is 0 Å². The highest BCUT2D eigenvalue weighted by Crippen LogP contribution is 2.52. The van der Waals surface area contributed by atoms with Gasteiger partial charge in [0.05, 0.1) is 21.3 Å². The van der Waals surface area contributed by atoms with Crippen LogP contribution in [-0.2, 0) is 9.53 Å². The van der Waals surface area contributed by atoms with Crippen molar-refractivity contribution in [2.24, 2.45) is 5.92 Å². The summed E-state index contributed by atoms with van der Waals surface area (Å²) in [5.41, 5.74) is -1.08. The lowest BCUT2D eigenvalue weighted by molar-refractivity contribution is -0.123. The summed E-state index contributed by atoms with van der Waals surface area (Å²) in [7, 11) is 4.30. The van der Waals surface area contributed by atoms with E-state index in [2.05, 4.69) is 0 Å². The van der Waals surface area contributed by atoms with Crippen LogP contribution in [0.25, 0.3) is 0 Å². The Labute approximate surface area is 144 Å². The van der Waals surface area contributed by atoms with Crippen LogP contribution in [0.5, 0.6) is 17.2 Å². The van der Waals surface area contributed by atoms with Gasteiger partial charge in [0, 0.05) is 24.5 Å². The number of carbonyl (C=O) groups is 2. The molecule has 0 fully saturated rings. The first-order chi connectivity index (χ1) is 11.4. The van der Waals surface area contributed by atoms with Crippen molar-refractivity contribution in [3.8, 4) is 17.2 Å². The largest absolute Gasteiger partial charge is 0.496 e. The third-order valence-corrected chi connectivity index (χ3v) is 4.73. The number of hydrogen-bond donors (Lipinski definition) is 0. The van der Waals surface area contributed by atoms with Gasteiger partial charge in [-0.05, 0) is 0 Å². The SMILES string of the molecule is COC1=C[C@@]2(C[C@H](C)C1=O)Oc1c(Cl)c(OC)cc(OC)c1C2=O. The van der Waals surface area contributed by atoms with Crippen molar-refractivity contribution in [3.05, 3.63) is 28.5 Å². The van der Waals surface area contributed by atoms with Gasteiger partial charge in [0.1, 0.15) is 22.1 Å². The maximum Gasteiger partial charge on any atom is 0.218 e. The van der Waals surface area contributed by atoms with Crippen LogP contribution in [-0.4, -0.2) is 38.5 Å². The molecule has 0 radical (unpaired) electrons. The number of carbonyl (C=O) groups excluding carboxylic acids is 2. The van der Waals surface area contributed by atoms with Crippen molar-refractivity contribution >= 4 is 23.2 Å². The first-order valence-corrected chi connectivity index (χ1v) is 7.75. The number of ketones is 2. The molecule has 24 heavy (non-hydrogen) atoms. The smallest absolute Gasteiger partial charge is 0.218 e. The molecule has 1 aliphatic carbocycles. The van der Waals surface area contributed by atoms with Crippen molar-refractivity contribution in [1.82, 2.24) is 0 Å². The normalized spacial score (nSPS) is 25.2. The van der Waals surface area contributed by atoms with E-state index in [9.17, 15) is 9.59 Å². The van der Waals surface area contributed by atoms with E-state index < -0.39 is 11.5 Å². The number of fused-ring (bicyclic) bond motifs is 1. The molecule has 0 N–H and O–H groups in total. The van der Waals surface area contributed by atoms with Crippen molar-refractivity contribution in [3.63, 3.8) is 0 Å². The number of hydrogen-bond acceptors (Lipinski definition) is 6. The molecule has 7 heteroatoms. The molecule has 0 unspecified atom stereocenters. The van der Waals surface area contributed by atoms with E-state index in [4.69, 9.17) is 30.5 Å². The Morgan fingerprint density at radius 1 is 1.17 bits per heavy atom. The highest BCUT2D eigenvalue weighted by molar-refractivity contribution is 6.35. The molecule has 1 spiro atoms. The zero-order valence-corrected chi connectivity index (χ0v) is 14.5. The predicted octanol–water partition coefficient (Wildman–Crippen LogP) is 2.81. The van der Waals surface area contributed by atoms with E-state index in [0.29, 0.717) is 11.5 Å².